The van der Waals surface area contributed by atoms with Crippen molar-refractivity contribution in [2.45, 2.75) is 0 Å². The van der Waals surface area contributed by atoms with E-state index in [1.54, 1.807) is 18.2 Å². The number of rotatable bonds is 5. The van der Waals surface area contributed by atoms with Crippen LogP contribution in [0.1, 0.15) is 15.9 Å². The summed E-state index contributed by atoms with van der Waals surface area (Å²) in [5.74, 6) is 0.992. The number of hydrogen-bond donors (Lipinski definition) is 0. The number of ether oxygens (including phenoxy) is 2. The van der Waals surface area contributed by atoms with Crippen molar-refractivity contribution in [1.29, 1.82) is 0 Å². The molecule has 0 fully saturated rings. The Balaban J connectivity index is 3.30. The first-order valence-electron chi connectivity index (χ1n) is 4.59. The molecule has 0 heterocycles. The zero-order valence-electron chi connectivity index (χ0n) is 9.10. The molecule has 0 aliphatic rings. The highest BCUT2D eigenvalue weighted by molar-refractivity contribution is 5.86. The summed E-state index contributed by atoms with van der Waals surface area (Å²) in [6.45, 7) is 0. The molecule has 0 aromatic heterocycles. The first-order chi connectivity index (χ1) is 7.76. The number of aldehydes is 2. The summed E-state index contributed by atoms with van der Waals surface area (Å²) in [7, 11) is 3.00. The molecule has 1 aromatic carbocycles. The minimum Gasteiger partial charge on any atom is -0.493 e. The highest BCUT2D eigenvalue weighted by Gasteiger charge is 2.08. The van der Waals surface area contributed by atoms with Gasteiger partial charge in [0.15, 0.2) is 17.8 Å². The van der Waals surface area contributed by atoms with E-state index in [1.165, 1.54) is 20.3 Å². The van der Waals surface area contributed by atoms with Gasteiger partial charge in [-0.3, -0.25) is 9.59 Å². The standard InChI is InChI=1S/C12H12O4/c1-15-11-6-9(4-3-5-13)10(8-14)7-12(11)16-2/h3-8H,1-2H3/b4-3+. The van der Waals surface area contributed by atoms with Gasteiger partial charge >= 0.3 is 0 Å². The van der Waals surface area contributed by atoms with Crippen molar-refractivity contribution in [2.24, 2.45) is 0 Å². The fraction of sp³-hybridized carbons (Fsp3) is 0.167. The van der Waals surface area contributed by atoms with Gasteiger partial charge in [0.25, 0.3) is 0 Å². The quantitative estimate of drug-likeness (QED) is 0.560. The average Bonchev–Trinajstić information content (AvgIpc) is 2.35. The summed E-state index contributed by atoms with van der Waals surface area (Å²) >= 11 is 0. The van der Waals surface area contributed by atoms with Crippen molar-refractivity contribution in [3.63, 3.8) is 0 Å². The summed E-state index contributed by atoms with van der Waals surface area (Å²) in [6.07, 6.45) is 4.20. The Hall–Kier alpha value is -2.10. The van der Waals surface area contributed by atoms with E-state index in [0.717, 1.165) is 0 Å². The first-order valence-corrected chi connectivity index (χ1v) is 4.59. The molecule has 0 bridgehead atoms. The lowest BCUT2D eigenvalue weighted by Crippen LogP contribution is -1.95. The number of allylic oxidation sites excluding steroid dienone is 1. The Labute approximate surface area is 93.5 Å². The molecule has 0 aliphatic carbocycles. The van der Waals surface area contributed by atoms with Gasteiger partial charge in [-0.2, -0.15) is 0 Å². The molecule has 1 aromatic rings. The van der Waals surface area contributed by atoms with Crippen LogP contribution in [0.15, 0.2) is 18.2 Å². The van der Waals surface area contributed by atoms with Crippen LogP contribution in [-0.4, -0.2) is 26.8 Å². The van der Waals surface area contributed by atoms with Crippen LogP contribution in [0.3, 0.4) is 0 Å². The summed E-state index contributed by atoms with van der Waals surface area (Å²) in [5.41, 5.74) is 1.05. The summed E-state index contributed by atoms with van der Waals surface area (Å²) in [6, 6.07) is 3.21. The minimum atomic E-state index is 0.441. The molecule has 0 N–H and O–H groups in total. The highest BCUT2D eigenvalue weighted by Crippen LogP contribution is 2.30. The van der Waals surface area contributed by atoms with Crippen LogP contribution in [-0.2, 0) is 4.79 Å². The minimum absolute atomic E-state index is 0.441. The second-order valence-corrected chi connectivity index (χ2v) is 2.95. The van der Waals surface area contributed by atoms with Crippen LogP contribution >= 0.6 is 0 Å². The van der Waals surface area contributed by atoms with Gasteiger partial charge in [-0.25, -0.2) is 0 Å². The molecule has 0 saturated carbocycles. The van der Waals surface area contributed by atoms with Crippen LogP contribution in [0.5, 0.6) is 11.5 Å². The molecule has 84 valence electrons. The fourth-order valence-electron chi connectivity index (χ4n) is 1.30. The molecule has 1 rings (SSSR count). The molecule has 16 heavy (non-hydrogen) atoms. The maximum atomic E-state index is 10.8. The van der Waals surface area contributed by atoms with Gasteiger partial charge in [-0.05, 0) is 23.8 Å². The number of hydrogen-bond acceptors (Lipinski definition) is 4. The predicted molar refractivity (Wildman–Crippen MR) is 60.0 cm³/mol. The Morgan fingerprint density at radius 2 is 1.56 bits per heavy atom. The molecule has 0 aliphatic heterocycles. The molecule has 4 nitrogen and oxygen atoms in total. The van der Waals surface area contributed by atoms with Crippen molar-refractivity contribution >= 4 is 18.6 Å². The SMILES string of the molecule is COc1cc(C=O)c(/C=C/C=O)cc1OC. The van der Waals surface area contributed by atoms with Gasteiger partial charge < -0.3 is 9.47 Å². The maximum absolute atomic E-state index is 10.8. The van der Waals surface area contributed by atoms with E-state index >= 15 is 0 Å². The van der Waals surface area contributed by atoms with E-state index in [2.05, 4.69) is 0 Å². The van der Waals surface area contributed by atoms with E-state index in [0.29, 0.717) is 35.2 Å². The van der Waals surface area contributed by atoms with E-state index < -0.39 is 0 Å². The van der Waals surface area contributed by atoms with E-state index in [1.807, 2.05) is 0 Å². The maximum Gasteiger partial charge on any atom is 0.161 e. The van der Waals surface area contributed by atoms with Crippen molar-refractivity contribution in [3.05, 3.63) is 29.3 Å². The third-order valence-corrected chi connectivity index (χ3v) is 2.07. The van der Waals surface area contributed by atoms with E-state index in [-0.39, 0.29) is 0 Å². The Bertz CT molecular complexity index is 421. The van der Waals surface area contributed by atoms with Crippen molar-refractivity contribution in [3.8, 4) is 11.5 Å². The third-order valence-electron chi connectivity index (χ3n) is 2.07. The second kappa shape index (κ2) is 5.70. The molecule has 0 amide bonds. The lowest BCUT2D eigenvalue weighted by atomic mass is 10.1. The van der Waals surface area contributed by atoms with Gasteiger partial charge in [-0.1, -0.05) is 6.08 Å². The van der Waals surface area contributed by atoms with Crippen LogP contribution in [0.25, 0.3) is 6.08 Å². The lowest BCUT2D eigenvalue weighted by Gasteiger charge is -2.09. The zero-order chi connectivity index (χ0) is 12.0. The monoisotopic (exact) mass is 220 g/mol. The van der Waals surface area contributed by atoms with Crippen molar-refractivity contribution in [2.75, 3.05) is 14.2 Å². The highest BCUT2D eigenvalue weighted by atomic mass is 16.5. The molecule has 0 atom stereocenters. The molecule has 0 unspecified atom stereocenters. The van der Waals surface area contributed by atoms with Gasteiger partial charge in [0.2, 0.25) is 0 Å². The molecule has 0 radical (unpaired) electrons. The Morgan fingerprint density at radius 1 is 1.00 bits per heavy atom. The molecule has 0 spiro atoms. The van der Waals surface area contributed by atoms with Crippen LogP contribution < -0.4 is 9.47 Å². The van der Waals surface area contributed by atoms with Crippen molar-refractivity contribution in [1.82, 2.24) is 0 Å². The van der Waals surface area contributed by atoms with Gasteiger partial charge in [0.05, 0.1) is 14.2 Å². The van der Waals surface area contributed by atoms with Crippen LogP contribution in [0.2, 0.25) is 0 Å². The van der Waals surface area contributed by atoms with Gasteiger partial charge in [-0.15, -0.1) is 0 Å². The summed E-state index contributed by atoms with van der Waals surface area (Å²) in [4.78, 5) is 21.1. The van der Waals surface area contributed by atoms with Crippen molar-refractivity contribution < 1.29 is 19.1 Å². The number of benzene rings is 1. The predicted octanol–water partition coefficient (Wildman–Crippen LogP) is 1.73. The smallest absolute Gasteiger partial charge is 0.161 e. The van der Waals surface area contributed by atoms with Gasteiger partial charge in [0, 0.05) is 5.56 Å². The number of carbonyl (C=O) groups excluding carboxylic acids is 2. The van der Waals surface area contributed by atoms with Crippen LogP contribution in [0, 0.1) is 0 Å². The normalized spacial score (nSPS) is 10.1. The number of carbonyl (C=O) groups is 2. The third kappa shape index (κ3) is 2.48. The zero-order valence-corrected chi connectivity index (χ0v) is 9.10. The molecular formula is C12H12O4. The van der Waals surface area contributed by atoms with Crippen LogP contribution in [0.4, 0.5) is 0 Å². The second-order valence-electron chi connectivity index (χ2n) is 2.95. The number of methoxy groups -OCH3 is 2. The average molecular weight is 220 g/mol. The largest absolute Gasteiger partial charge is 0.493 e. The first kappa shape index (κ1) is 12.0. The summed E-state index contributed by atoms with van der Waals surface area (Å²) in [5, 5.41) is 0. The molecule has 0 saturated heterocycles. The van der Waals surface area contributed by atoms with E-state index in [4.69, 9.17) is 9.47 Å². The van der Waals surface area contributed by atoms with Gasteiger partial charge in [0.1, 0.15) is 6.29 Å². The van der Waals surface area contributed by atoms with E-state index in [9.17, 15) is 9.59 Å². The Morgan fingerprint density at radius 3 is 2.00 bits per heavy atom. The summed E-state index contributed by atoms with van der Waals surface area (Å²) < 4.78 is 10.2. The topological polar surface area (TPSA) is 52.6 Å². The fourth-order valence-corrected chi connectivity index (χ4v) is 1.30. The molecule has 4 heteroatoms. The lowest BCUT2D eigenvalue weighted by molar-refractivity contribution is -0.104. The molecular weight excluding hydrogens is 208 g/mol. The Kier molecular flexibility index (Phi) is 4.27.